The molecule has 0 aliphatic carbocycles. The van der Waals surface area contributed by atoms with Gasteiger partial charge >= 0.3 is 0 Å². The highest BCUT2D eigenvalue weighted by atomic mass is 16.2. The van der Waals surface area contributed by atoms with Gasteiger partial charge in [0.25, 0.3) is 0 Å². The van der Waals surface area contributed by atoms with Crippen LogP contribution in [0.2, 0.25) is 0 Å². The average Bonchev–Trinajstić information content (AvgIpc) is 2.69. The Labute approximate surface area is 160 Å². The lowest BCUT2D eigenvalue weighted by Gasteiger charge is -2.35. The Morgan fingerprint density at radius 1 is 1.07 bits per heavy atom. The van der Waals surface area contributed by atoms with E-state index in [0.29, 0.717) is 19.6 Å². The van der Waals surface area contributed by atoms with Crippen molar-refractivity contribution in [3.05, 3.63) is 54.2 Å². The number of aromatic nitrogens is 1. The molecule has 0 saturated carbocycles. The molecule has 1 fully saturated rings. The predicted molar refractivity (Wildman–Crippen MR) is 107 cm³/mol. The van der Waals surface area contributed by atoms with Crippen LogP contribution in [-0.4, -0.2) is 54.4 Å². The predicted octanol–water partition coefficient (Wildman–Crippen LogP) is 2.48. The van der Waals surface area contributed by atoms with Gasteiger partial charge in [-0.2, -0.15) is 0 Å². The monoisotopic (exact) mass is 366 g/mol. The second kappa shape index (κ2) is 8.66. The van der Waals surface area contributed by atoms with Crippen molar-refractivity contribution in [2.24, 2.45) is 0 Å². The van der Waals surface area contributed by atoms with Crippen molar-refractivity contribution >= 4 is 23.3 Å². The van der Waals surface area contributed by atoms with Gasteiger partial charge in [-0.25, -0.2) is 4.98 Å². The van der Waals surface area contributed by atoms with Crippen LogP contribution in [0.1, 0.15) is 18.9 Å². The van der Waals surface area contributed by atoms with Gasteiger partial charge in [0.1, 0.15) is 12.2 Å². The molecule has 6 nitrogen and oxygen atoms in total. The summed E-state index contributed by atoms with van der Waals surface area (Å²) in [6.07, 6.45) is 1.68. The van der Waals surface area contributed by atoms with Crippen molar-refractivity contribution in [2.75, 3.05) is 42.5 Å². The Morgan fingerprint density at radius 3 is 2.48 bits per heavy atom. The van der Waals surface area contributed by atoms with Crippen LogP contribution in [0.3, 0.4) is 0 Å². The maximum Gasteiger partial charge on any atom is 0.236 e. The number of anilines is 2. The molecule has 142 valence electrons. The summed E-state index contributed by atoms with van der Waals surface area (Å²) in [6, 6.07) is 13.6. The number of pyridine rings is 1. The van der Waals surface area contributed by atoms with Crippen molar-refractivity contribution < 1.29 is 9.59 Å². The molecule has 1 aliphatic rings. The van der Waals surface area contributed by atoms with E-state index >= 15 is 0 Å². The number of nitrogens with zero attached hydrogens (tertiary/aromatic N) is 4. The number of piperazine rings is 1. The van der Waals surface area contributed by atoms with Gasteiger partial charge in [0, 0.05) is 44.6 Å². The third kappa shape index (κ3) is 4.64. The lowest BCUT2D eigenvalue weighted by molar-refractivity contribution is -0.135. The Balaban J connectivity index is 1.56. The molecule has 0 radical (unpaired) electrons. The molecule has 0 spiro atoms. The van der Waals surface area contributed by atoms with E-state index in [4.69, 9.17) is 0 Å². The van der Waals surface area contributed by atoms with E-state index in [1.54, 1.807) is 16.0 Å². The molecule has 1 aliphatic heterocycles. The fraction of sp³-hybridized carbons (Fsp3) is 0.381. The van der Waals surface area contributed by atoms with Crippen molar-refractivity contribution in [3.63, 3.8) is 0 Å². The summed E-state index contributed by atoms with van der Waals surface area (Å²) in [5, 5.41) is 0. The highest BCUT2D eigenvalue weighted by Crippen LogP contribution is 2.18. The number of hydrogen-bond acceptors (Lipinski definition) is 4. The second-order valence-corrected chi connectivity index (χ2v) is 6.71. The van der Waals surface area contributed by atoms with E-state index in [1.165, 1.54) is 0 Å². The van der Waals surface area contributed by atoms with Gasteiger partial charge in [0.05, 0.1) is 0 Å². The van der Waals surface area contributed by atoms with Crippen LogP contribution in [-0.2, 0) is 9.59 Å². The highest BCUT2D eigenvalue weighted by Gasteiger charge is 2.25. The number of aryl methyl sites for hydroxylation is 1. The summed E-state index contributed by atoms with van der Waals surface area (Å²) in [4.78, 5) is 35.3. The number of amides is 2. The summed E-state index contributed by atoms with van der Waals surface area (Å²) < 4.78 is 0. The molecule has 1 aromatic heterocycles. The van der Waals surface area contributed by atoms with Crippen molar-refractivity contribution in [1.82, 2.24) is 9.88 Å². The molecule has 0 atom stereocenters. The van der Waals surface area contributed by atoms with Crippen molar-refractivity contribution in [3.8, 4) is 0 Å². The maximum atomic E-state index is 12.7. The van der Waals surface area contributed by atoms with E-state index in [0.717, 1.165) is 30.2 Å². The van der Waals surface area contributed by atoms with Gasteiger partial charge in [-0.1, -0.05) is 18.2 Å². The fourth-order valence-corrected chi connectivity index (χ4v) is 3.36. The van der Waals surface area contributed by atoms with Crippen LogP contribution in [0.15, 0.2) is 48.7 Å². The van der Waals surface area contributed by atoms with Gasteiger partial charge in [0.2, 0.25) is 11.8 Å². The zero-order chi connectivity index (χ0) is 19.2. The first-order chi connectivity index (χ1) is 13.1. The third-order valence-electron chi connectivity index (χ3n) is 4.84. The number of hydrogen-bond donors (Lipinski definition) is 0. The smallest absolute Gasteiger partial charge is 0.236 e. The first-order valence-electron chi connectivity index (χ1n) is 9.39. The van der Waals surface area contributed by atoms with E-state index < -0.39 is 0 Å². The lowest BCUT2D eigenvalue weighted by Crippen LogP contribution is -2.50. The molecular weight excluding hydrogens is 340 g/mol. The topological polar surface area (TPSA) is 56.8 Å². The third-order valence-corrected chi connectivity index (χ3v) is 4.84. The molecule has 2 heterocycles. The first kappa shape index (κ1) is 18.9. The minimum Gasteiger partial charge on any atom is -0.353 e. The van der Waals surface area contributed by atoms with Gasteiger partial charge < -0.3 is 14.7 Å². The highest BCUT2D eigenvalue weighted by molar-refractivity contribution is 6.05. The quantitative estimate of drug-likeness (QED) is 0.763. The molecular formula is C21H26N4O2. The van der Waals surface area contributed by atoms with Crippen LogP contribution in [0.4, 0.5) is 11.5 Å². The number of rotatable bonds is 5. The van der Waals surface area contributed by atoms with Gasteiger partial charge in [-0.05, 0) is 43.7 Å². The normalized spacial score (nSPS) is 14.1. The lowest BCUT2D eigenvalue weighted by atomic mass is 10.2. The molecule has 0 bridgehead atoms. The Morgan fingerprint density at radius 2 is 1.85 bits per heavy atom. The van der Waals surface area contributed by atoms with E-state index in [-0.39, 0.29) is 18.2 Å². The first-order valence-corrected chi connectivity index (χ1v) is 9.39. The van der Waals surface area contributed by atoms with Crippen molar-refractivity contribution in [2.45, 2.75) is 20.3 Å². The Kier molecular flexibility index (Phi) is 6.06. The SMILES string of the molecule is CCN(C(=O)CC(=O)N1CCN(c2ccccn2)CC1)c1cccc(C)c1. The van der Waals surface area contributed by atoms with E-state index in [1.807, 2.05) is 56.3 Å². The van der Waals surface area contributed by atoms with Gasteiger partial charge in [-0.3, -0.25) is 9.59 Å². The summed E-state index contributed by atoms with van der Waals surface area (Å²) in [5.41, 5.74) is 1.94. The molecule has 3 rings (SSSR count). The second-order valence-electron chi connectivity index (χ2n) is 6.71. The van der Waals surface area contributed by atoms with E-state index in [9.17, 15) is 9.59 Å². The minimum absolute atomic E-state index is 0.0919. The zero-order valence-electron chi connectivity index (χ0n) is 16.0. The van der Waals surface area contributed by atoms with Crippen LogP contribution in [0.5, 0.6) is 0 Å². The molecule has 2 aromatic rings. The Bertz CT molecular complexity index is 786. The molecule has 0 N–H and O–H groups in total. The molecule has 0 unspecified atom stereocenters. The molecule has 27 heavy (non-hydrogen) atoms. The largest absolute Gasteiger partial charge is 0.353 e. The van der Waals surface area contributed by atoms with Crippen molar-refractivity contribution in [1.29, 1.82) is 0 Å². The zero-order valence-corrected chi connectivity index (χ0v) is 16.0. The molecule has 1 saturated heterocycles. The van der Waals surface area contributed by atoms with Crippen LogP contribution in [0.25, 0.3) is 0 Å². The van der Waals surface area contributed by atoms with Crippen LogP contribution in [0, 0.1) is 6.92 Å². The van der Waals surface area contributed by atoms with E-state index in [2.05, 4.69) is 9.88 Å². The summed E-state index contributed by atoms with van der Waals surface area (Å²) in [7, 11) is 0. The summed E-state index contributed by atoms with van der Waals surface area (Å²) >= 11 is 0. The average molecular weight is 366 g/mol. The maximum absolute atomic E-state index is 12.7. The summed E-state index contributed by atoms with van der Waals surface area (Å²) in [5.74, 6) is 0.671. The van der Waals surface area contributed by atoms with Crippen LogP contribution >= 0.6 is 0 Å². The molecule has 1 aromatic carbocycles. The van der Waals surface area contributed by atoms with Gasteiger partial charge in [0.15, 0.2) is 0 Å². The van der Waals surface area contributed by atoms with Crippen LogP contribution < -0.4 is 9.80 Å². The number of carbonyl (C=O) groups is 2. The minimum atomic E-state index is -0.153. The van der Waals surface area contributed by atoms with Gasteiger partial charge in [-0.15, -0.1) is 0 Å². The molecule has 2 amide bonds. The number of benzene rings is 1. The standard InChI is InChI=1S/C21H26N4O2/c1-3-25(18-8-6-7-17(2)15-18)21(27)16-20(26)24-13-11-23(12-14-24)19-9-4-5-10-22-19/h4-10,15H,3,11-14,16H2,1-2H3. The molecule has 6 heteroatoms. The fourth-order valence-electron chi connectivity index (χ4n) is 3.36. The Hall–Kier alpha value is -2.89. The number of carbonyl (C=O) groups excluding carboxylic acids is 2. The summed E-state index contributed by atoms with van der Waals surface area (Å²) in [6.45, 7) is 7.14.